The zero-order valence-corrected chi connectivity index (χ0v) is 19.3. The van der Waals surface area contributed by atoms with Crippen LogP contribution in [0.1, 0.15) is 65.6 Å². The Bertz CT molecular complexity index is 962. The topological polar surface area (TPSA) is 101 Å². The molecule has 0 bridgehead atoms. The van der Waals surface area contributed by atoms with Gasteiger partial charge in [0.1, 0.15) is 11.9 Å². The molecule has 8 heteroatoms. The minimum Gasteiger partial charge on any atom is -0.480 e. The molecule has 0 spiro atoms. The lowest BCUT2D eigenvalue weighted by Crippen LogP contribution is -2.42. The molecular weight excluding hydrogens is 425 g/mol. The summed E-state index contributed by atoms with van der Waals surface area (Å²) >= 11 is 0. The van der Waals surface area contributed by atoms with E-state index in [-0.39, 0.29) is 30.2 Å². The summed E-state index contributed by atoms with van der Waals surface area (Å²) in [5.41, 5.74) is 3.69. The van der Waals surface area contributed by atoms with Crippen LogP contribution in [0.3, 0.4) is 0 Å². The summed E-state index contributed by atoms with van der Waals surface area (Å²) < 4.78 is 19.6. The van der Waals surface area contributed by atoms with Crippen LogP contribution in [0.5, 0.6) is 0 Å². The molecular formula is C25H32FN3O4. The number of nitrogens with zero attached hydrogens (tertiary/aromatic N) is 2. The predicted molar refractivity (Wildman–Crippen MR) is 122 cm³/mol. The molecule has 2 atom stereocenters. The van der Waals surface area contributed by atoms with Crippen LogP contribution >= 0.6 is 0 Å². The fourth-order valence-corrected chi connectivity index (χ4v) is 4.03. The van der Waals surface area contributed by atoms with Gasteiger partial charge in [0.15, 0.2) is 0 Å². The molecule has 0 fully saturated rings. The molecule has 1 aliphatic rings. The highest BCUT2D eigenvalue weighted by Gasteiger charge is 2.24. The van der Waals surface area contributed by atoms with Gasteiger partial charge in [-0.1, -0.05) is 13.0 Å². The highest BCUT2D eigenvalue weighted by atomic mass is 19.1. The van der Waals surface area contributed by atoms with Gasteiger partial charge < -0.3 is 15.2 Å². The van der Waals surface area contributed by atoms with Gasteiger partial charge in [0.25, 0.3) is 5.91 Å². The van der Waals surface area contributed by atoms with Gasteiger partial charge in [-0.05, 0) is 69.1 Å². The quantitative estimate of drug-likeness (QED) is 0.500. The Labute approximate surface area is 193 Å². The molecule has 1 aliphatic carbocycles. The molecule has 3 rings (SSSR count). The van der Waals surface area contributed by atoms with E-state index in [9.17, 15) is 19.1 Å². The number of amides is 1. The van der Waals surface area contributed by atoms with Crippen molar-refractivity contribution < 1.29 is 23.8 Å². The number of aliphatic carboxylic acids is 1. The smallest absolute Gasteiger partial charge is 0.326 e. The number of hydrogen-bond acceptors (Lipinski definition) is 5. The van der Waals surface area contributed by atoms with Gasteiger partial charge in [0.2, 0.25) is 0 Å². The fraction of sp³-hybridized carbons (Fsp3) is 0.520. The Morgan fingerprint density at radius 1 is 1.21 bits per heavy atom. The molecule has 1 amide bonds. The summed E-state index contributed by atoms with van der Waals surface area (Å²) in [6.07, 6.45) is 7.79. The van der Waals surface area contributed by atoms with Gasteiger partial charge in [0, 0.05) is 37.2 Å². The molecule has 33 heavy (non-hydrogen) atoms. The zero-order chi connectivity index (χ0) is 23.8. The molecule has 0 saturated heterocycles. The number of rotatable bonds is 11. The lowest BCUT2D eigenvalue weighted by atomic mass is 9.95. The number of carboxylic acid groups (broad SMARTS) is 1. The van der Waals surface area contributed by atoms with Crippen molar-refractivity contribution in [1.29, 1.82) is 0 Å². The summed E-state index contributed by atoms with van der Waals surface area (Å²) in [6, 6.07) is 4.22. The van der Waals surface area contributed by atoms with Crippen molar-refractivity contribution in [3.63, 3.8) is 0 Å². The molecule has 0 aromatic carbocycles. The van der Waals surface area contributed by atoms with Crippen molar-refractivity contribution in [2.45, 2.75) is 64.8 Å². The molecule has 2 aromatic rings. The van der Waals surface area contributed by atoms with Crippen molar-refractivity contribution in [3.05, 3.63) is 58.4 Å². The van der Waals surface area contributed by atoms with Gasteiger partial charge >= 0.3 is 5.97 Å². The second-order valence-electron chi connectivity index (χ2n) is 8.74. The van der Waals surface area contributed by atoms with E-state index in [0.717, 1.165) is 37.4 Å². The lowest BCUT2D eigenvalue weighted by Gasteiger charge is -2.17. The van der Waals surface area contributed by atoms with E-state index >= 15 is 0 Å². The number of hydrogen-bond donors (Lipinski definition) is 2. The Morgan fingerprint density at radius 2 is 2.00 bits per heavy atom. The van der Waals surface area contributed by atoms with Gasteiger partial charge in [-0.2, -0.15) is 0 Å². The minimum absolute atomic E-state index is 0.0844. The fourth-order valence-electron chi connectivity index (χ4n) is 4.03. The zero-order valence-electron chi connectivity index (χ0n) is 19.3. The van der Waals surface area contributed by atoms with Crippen LogP contribution in [-0.2, 0) is 28.8 Å². The van der Waals surface area contributed by atoms with E-state index in [4.69, 9.17) is 9.72 Å². The molecule has 2 aromatic heterocycles. The largest absolute Gasteiger partial charge is 0.480 e. The maximum atomic E-state index is 13.9. The second kappa shape index (κ2) is 11.8. The number of ether oxygens (including phenoxy) is 1. The molecule has 2 heterocycles. The van der Waals surface area contributed by atoms with Gasteiger partial charge in [-0.25, -0.2) is 9.18 Å². The van der Waals surface area contributed by atoms with E-state index in [2.05, 4.69) is 29.4 Å². The first-order valence-electron chi connectivity index (χ1n) is 11.6. The van der Waals surface area contributed by atoms with Crippen LogP contribution in [0.15, 0.2) is 24.4 Å². The third kappa shape index (κ3) is 7.05. The molecule has 178 valence electrons. The van der Waals surface area contributed by atoms with Crippen molar-refractivity contribution in [1.82, 2.24) is 15.3 Å². The van der Waals surface area contributed by atoms with Crippen LogP contribution < -0.4 is 5.32 Å². The summed E-state index contributed by atoms with van der Waals surface area (Å²) in [5, 5.41) is 11.8. The monoisotopic (exact) mass is 457 g/mol. The summed E-state index contributed by atoms with van der Waals surface area (Å²) in [4.78, 5) is 32.6. The van der Waals surface area contributed by atoms with Crippen LogP contribution in [-0.4, -0.2) is 46.2 Å². The highest BCUT2D eigenvalue weighted by molar-refractivity contribution is 5.97. The predicted octanol–water partition coefficient (Wildman–Crippen LogP) is 3.66. The Balaban J connectivity index is 1.40. The van der Waals surface area contributed by atoms with Gasteiger partial charge in [-0.3, -0.25) is 14.8 Å². The van der Waals surface area contributed by atoms with Crippen molar-refractivity contribution in [2.24, 2.45) is 5.92 Å². The number of aryl methyl sites for hydroxylation is 4. The number of fused-ring (bicyclic) bond motifs is 1. The average Bonchev–Trinajstić information content (AvgIpc) is 2.79. The standard InChI is InChI=1S/C25H32FN3O4/c1-16(7-9-19-10-8-18-5-3-4-6-21(18)28-19)15-33-14-12-22(25(31)32)29-24(30)23-17(2)27-13-11-20(23)26/h8,10-11,13,16,22H,3-7,9,12,14-15H2,1-2H3,(H,29,30)(H,31,32)/t16-,22-/m1/s1. The molecule has 0 unspecified atom stereocenters. The Kier molecular flexibility index (Phi) is 8.88. The maximum absolute atomic E-state index is 13.9. The second-order valence-corrected chi connectivity index (χ2v) is 8.74. The highest BCUT2D eigenvalue weighted by Crippen LogP contribution is 2.20. The minimum atomic E-state index is -1.19. The average molecular weight is 458 g/mol. The molecule has 7 nitrogen and oxygen atoms in total. The maximum Gasteiger partial charge on any atom is 0.326 e. The van der Waals surface area contributed by atoms with E-state index in [1.54, 1.807) is 0 Å². The number of nitrogens with one attached hydrogen (secondary N) is 1. The Hall–Kier alpha value is -2.87. The molecule has 2 N–H and O–H groups in total. The third-order valence-electron chi connectivity index (χ3n) is 6.00. The number of carbonyl (C=O) groups excluding carboxylic acids is 1. The van der Waals surface area contributed by atoms with E-state index in [1.807, 2.05) is 0 Å². The van der Waals surface area contributed by atoms with E-state index < -0.39 is 23.7 Å². The van der Waals surface area contributed by atoms with Crippen LogP contribution in [0, 0.1) is 18.7 Å². The number of carbonyl (C=O) groups is 2. The number of carboxylic acids is 1. The van der Waals surface area contributed by atoms with Crippen molar-refractivity contribution in [3.8, 4) is 0 Å². The van der Waals surface area contributed by atoms with Gasteiger partial charge in [-0.15, -0.1) is 0 Å². The van der Waals surface area contributed by atoms with Crippen molar-refractivity contribution >= 4 is 11.9 Å². The number of aromatic nitrogens is 2. The van der Waals surface area contributed by atoms with Gasteiger partial charge in [0.05, 0.1) is 11.3 Å². The van der Waals surface area contributed by atoms with Crippen molar-refractivity contribution in [2.75, 3.05) is 13.2 Å². The van der Waals surface area contributed by atoms with Crippen LogP contribution in [0.2, 0.25) is 0 Å². The molecule has 0 aliphatic heterocycles. The molecule has 0 radical (unpaired) electrons. The third-order valence-corrected chi connectivity index (χ3v) is 6.00. The summed E-state index contributed by atoms with van der Waals surface area (Å²) in [7, 11) is 0. The molecule has 0 saturated carbocycles. The van der Waals surface area contributed by atoms with E-state index in [1.165, 1.54) is 37.2 Å². The summed E-state index contributed by atoms with van der Waals surface area (Å²) in [5.74, 6) is -2.44. The SMILES string of the molecule is Cc1nccc(F)c1C(=O)N[C@H](CCOC[C@H](C)CCc1ccc2c(n1)CCCC2)C(=O)O. The first-order valence-corrected chi connectivity index (χ1v) is 11.6. The number of pyridine rings is 2. The summed E-state index contributed by atoms with van der Waals surface area (Å²) in [6.45, 7) is 4.25. The normalized spacial score (nSPS) is 14.9. The van der Waals surface area contributed by atoms with Crippen LogP contribution in [0.25, 0.3) is 0 Å². The van der Waals surface area contributed by atoms with Crippen LogP contribution in [0.4, 0.5) is 4.39 Å². The lowest BCUT2D eigenvalue weighted by molar-refractivity contribution is -0.139. The Morgan fingerprint density at radius 3 is 2.76 bits per heavy atom. The van der Waals surface area contributed by atoms with E-state index in [0.29, 0.717) is 6.61 Å². The number of halogens is 1. The first kappa shape index (κ1) is 24.8. The first-order chi connectivity index (χ1) is 15.8.